The molecule has 0 aliphatic carbocycles. The molecule has 0 aliphatic heterocycles. The number of anilines is 1. The number of aromatic nitrogens is 2. The summed E-state index contributed by atoms with van der Waals surface area (Å²) in [5, 5.41) is 10.6. The summed E-state index contributed by atoms with van der Waals surface area (Å²) in [7, 11) is 0. The van der Waals surface area contributed by atoms with Gasteiger partial charge in [0, 0.05) is 11.1 Å². The van der Waals surface area contributed by atoms with E-state index in [1.165, 1.54) is 11.8 Å². The van der Waals surface area contributed by atoms with E-state index in [0.29, 0.717) is 5.75 Å². The topological polar surface area (TPSA) is 57.8 Å². The second-order valence-corrected chi connectivity index (χ2v) is 4.02. The minimum Gasteiger partial charge on any atom is -0.325 e. The van der Waals surface area contributed by atoms with E-state index >= 15 is 0 Å². The van der Waals surface area contributed by atoms with Gasteiger partial charge in [-0.3, -0.25) is 9.89 Å². The number of nitrogens with zero attached hydrogens (tertiary/aromatic N) is 1. The van der Waals surface area contributed by atoms with Crippen molar-refractivity contribution in [3.05, 3.63) is 24.4 Å². The van der Waals surface area contributed by atoms with Crippen molar-refractivity contribution in [2.75, 3.05) is 17.3 Å². The second-order valence-electron chi connectivity index (χ2n) is 3.15. The van der Waals surface area contributed by atoms with Crippen molar-refractivity contribution in [1.82, 2.24) is 10.2 Å². The van der Waals surface area contributed by atoms with Gasteiger partial charge in [-0.1, -0.05) is 0 Å². The molecule has 1 heterocycles. The third-order valence-corrected chi connectivity index (χ3v) is 2.55. The lowest BCUT2D eigenvalue weighted by Gasteiger charge is -2.03. The Morgan fingerprint density at radius 2 is 2.47 bits per heavy atom. The molecule has 0 saturated heterocycles. The Hall–Kier alpha value is -1.49. The number of aromatic amines is 1. The summed E-state index contributed by atoms with van der Waals surface area (Å²) in [4.78, 5) is 11.3. The maximum Gasteiger partial charge on any atom is 0.234 e. The fourth-order valence-electron chi connectivity index (χ4n) is 1.35. The molecule has 0 unspecified atom stereocenters. The van der Waals surface area contributed by atoms with Crippen molar-refractivity contribution >= 4 is 34.3 Å². The molecule has 0 spiro atoms. The van der Waals surface area contributed by atoms with Crippen LogP contribution in [0, 0.1) is 0 Å². The lowest BCUT2D eigenvalue weighted by Crippen LogP contribution is -2.13. The number of nitrogens with one attached hydrogen (secondary N) is 2. The Labute approximate surface area is 91.4 Å². The number of benzene rings is 1. The average molecular weight is 221 g/mol. The number of carbonyl (C=O) groups is 1. The van der Waals surface area contributed by atoms with Crippen LogP contribution >= 0.6 is 11.8 Å². The van der Waals surface area contributed by atoms with Crippen LogP contribution in [0.15, 0.2) is 24.4 Å². The van der Waals surface area contributed by atoms with E-state index in [1.807, 2.05) is 24.5 Å². The number of carbonyl (C=O) groups excluding carboxylic acids is 1. The van der Waals surface area contributed by atoms with E-state index in [1.54, 1.807) is 6.20 Å². The lowest BCUT2D eigenvalue weighted by molar-refractivity contribution is -0.113. The summed E-state index contributed by atoms with van der Waals surface area (Å²) in [5.74, 6) is 0.494. The maximum absolute atomic E-state index is 11.3. The van der Waals surface area contributed by atoms with Crippen LogP contribution in [0.2, 0.25) is 0 Å². The smallest absolute Gasteiger partial charge is 0.234 e. The van der Waals surface area contributed by atoms with Gasteiger partial charge in [0.05, 0.1) is 17.5 Å². The molecule has 1 aromatic carbocycles. The van der Waals surface area contributed by atoms with Crippen molar-refractivity contribution in [3.63, 3.8) is 0 Å². The molecule has 5 heteroatoms. The van der Waals surface area contributed by atoms with E-state index in [4.69, 9.17) is 0 Å². The van der Waals surface area contributed by atoms with Crippen LogP contribution in [0.1, 0.15) is 0 Å². The fraction of sp³-hybridized carbons (Fsp3) is 0.200. The number of hydrogen-bond donors (Lipinski definition) is 2. The van der Waals surface area contributed by atoms with Crippen LogP contribution in [-0.2, 0) is 4.79 Å². The number of H-pyrrole nitrogens is 1. The molecule has 0 radical (unpaired) electrons. The molecule has 78 valence electrons. The third kappa shape index (κ3) is 2.30. The number of thioether (sulfide) groups is 1. The second kappa shape index (κ2) is 4.35. The summed E-state index contributed by atoms with van der Waals surface area (Å²) >= 11 is 1.50. The van der Waals surface area contributed by atoms with Gasteiger partial charge in [0.2, 0.25) is 5.91 Å². The van der Waals surface area contributed by atoms with E-state index in [9.17, 15) is 4.79 Å². The summed E-state index contributed by atoms with van der Waals surface area (Å²) in [6.45, 7) is 0. The zero-order chi connectivity index (χ0) is 10.7. The van der Waals surface area contributed by atoms with E-state index < -0.39 is 0 Å². The third-order valence-electron chi connectivity index (χ3n) is 2.00. The highest BCUT2D eigenvalue weighted by atomic mass is 32.2. The monoisotopic (exact) mass is 221 g/mol. The van der Waals surface area contributed by atoms with Crippen LogP contribution < -0.4 is 5.32 Å². The van der Waals surface area contributed by atoms with Crippen molar-refractivity contribution in [2.24, 2.45) is 0 Å². The van der Waals surface area contributed by atoms with E-state index in [2.05, 4.69) is 15.5 Å². The molecular weight excluding hydrogens is 210 g/mol. The summed E-state index contributed by atoms with van der Waals surface area (Å²) < 4.78 is 0. The van der Waals surface area contributed by atoms with Gasteiger partial charge in [-0.25, -0.2) is 0 Å². The Morgan fingerprint density at radius 3 is 3.27 bits per heavy atom. The van der Waals surface area contributed by atoms with Gasteiger partial charge in [0.1, 0.15) is 0 Å². The molecule has 4 nitrogen and oxygen atoms in total. The van der Waals surface area contributed by atoms with Gasteiger partial charge in [0.25, 0.3) is 0 Å². The van der Waals surface area contributed by atoms with Crippen molar-refractivity contribution in [2.45, 2.75) is 0 Å². The molecule has 2 rings (SSSR count). The molecule has 2 aromatic rings. The quantitative estimate of drug-likeness (QED) is 0.831. The largest absolute Gasteiger partial charge is 0.325 e. The molecule has 2 N–H and O–H groups in total. The first-order valence-electron chi connectivity index (χ1n) is 4.51. The zero-order valence-corrected chi connectivity index (χ0v) is 9.10. The maximum atomic E-state index is 11.3. The first kappa shape index (κ1) is 10.0. The van der Waals surface area contributed by atoms with Crippen LogP contribution in [-0.4, -0.2) is 28.1 Å². The number of hydrogen-bond acceptors (Lipinski definition) is 3. The Kier molecular flexibility index (Phi) is 2.91. The van der Waals surface area contributed by atoms with E-state index in [-0.39, 0.29) is 5.91 Å². The van der Waals surface area contributed by atoms with Gasteiger partial charge >= 0.3 is 0 Å². The van der Waals surface area contributed by atoms with Crippen LogP contribution in [0.4, 0.5) is 5.69 Å². The highest BCUT2D eigenvalue weighted by molar-refractivity contribution is 7.99. The van der Waals surface area contributed by atoms with Gasteiger partial charge in [-0.05, 0) is 24.5 Å². The first-order chi connectivity index (χ1) is 7.29. The van der Waals surface area contributed by atoms with Crippen molar-refractivity contribution in [3.8, 4) is 0 Å². The van der Waals surface area contributed by atoms with Gasteiger partial charge in [-0.2, -0.15) is 16.9 Å². The molecule has 1 aromatic heterocycles. The summed E-state index contributed by atoms with van der Waals surface area (Å²) in [5.41, 5.74) is 1.78. The number of rotatable bonds is 3. The SMILES string of the molecule is CSCC(=O)Nc1ccc2[nH]ncc2c1. The molecule has 0 saturated carbocycles. The standard InChI is InChI=1S/C10H11N3OS/c1-15-6-10(14)12-8-2-3-9-7(4-8)5-11-13-9/h2-5H,6H2,1H3,(H,11,13)(H,12,14). The number of amides is 1. The lowest BCUT2D eigenvalue weighted by atomic mass is 10.2. The average Bonchev–Trinajstić information content (AvgIpc) is 2.65. The normalized spacial score (nSPS) is 10.5. The van der Waals surface area contributed by atoms with Gasteiger partial charge < -0.3 is 5.32 Å². The molecular formula is C10H11N3OS. The predicted octanol–water partition coefficient (Wildman–Crippen LogP) is 1.86. The molecule has 0 atom stereocenters. The number of fused-ring (bicyclic) bond motifs is 1. The Morgan fingerprint density at radius 1 is 1.60 bits per heavy atom. The highest BCUT2D eigenvalue weighted by Gasteiger charge is 2.02. The van der Waals surface area contributed by atoms with Crippen molar-refractivity contribution in [1.29, 1.82) is 0 Å². The molecule has 0 aliphatic rings. The molecule has 15 heavy (non-hydrogen) atoms. The molecule has 1 amide bonds. The Balaban J connectivity index is 2.17. The van der Waals surface area contributed by atoms with Crippen LogP contribution in [0.5, 0.6) is 0 Å². The highest BCUT2D eigenvalue weighted by Crippen LogP contribution is 2.16. The zero-order valence-electron chi connectivity index (χ0n) is 8.28. The minimum absolute atomic E-state index is 0.0188. The summed E-state index contributed by atoms with van der Waals surface area (Å²) in [6, 6.07) is 5.66. The van der Waals surface area contributed by atoms with Crippen LogP contribution in [0.3, 0.4) is 0 Å². The predicted molar refractivity (Wildman–Crippen MR) is 63.1 cm³/mol. The molecule has 0 bridgehead atoms. The van der Waals surface area contributed by atoms with Crippen LogP contribution in [0.25, 0.3) is 10.9 Å². The van der Waals surface area contributed by atoms with Gasteiger partial charge in [-0.15, -0.1) is 0 Å². The van der Waals surface area contributed by atoms with E-state index in [0.717, 1.165) is 16.6 Å². The van der Waals surface area contributed by atoms with Gasteiger partial charge in [0.15, 0.2) is 0 Å². The summed E-state index contributed by atoms with van der Waals surface area (Å²) in [6.07, 6.45) is 3.64. The Bertz CT molecular complexity index is 480. The fourth-order valence-corrected chi connectivity index (χ4v) is 1.68. The minimum atomic E-state index is 0.0188. The first-order valence-corrected chi connectivity index (χ1v) is 5.91. The molecule has 0 fully saturated rings. The van der Waals surface area contributed by atoms with Crippen molar-refractivity contribution < 1.29 is 4.79 Å².